The van der Waals surface area contributed by atoms with Gasteiger partial charge in [-0.3, -0.25) is 9.69 Å². The topological polar surface area (TPSA) is 84.6 Å². The molecule has 1 aliphatic heterocycles. The van der Waals surface area contributed by atoms with Gasteiger partial charge in [0, 0.05) is 44.5 Å². The molecule has 8 heteroatoms. The van der Waals surface area contributed by atoms with Gasteiger partial charge in [-0.15, -0.1) is 0 Å². The average Bonchev–Trinajstić information content (AvgIpc) is 3.24. The molecule has 7 nitrogen and oxygen atoms in total. The normalized spacial score (nSPS) is 14.5. The molecule has 0 bridgehead atoms. The second-order valence-corrected chi connectivity index (χ2v) is 9.63. The lowest BCUT2D eigenvalue weighted by molar-refractivity contribution is 0.0624. The molecule has 4 aromatic rings. The van der Waals surface area contributed by atoms with Crippen LogP contribution in [0.25, 0.3) is 21.3 Å². The third-order valence-corrected chi connectivity index (χ3v) is 7.05. The van der Waals surface area contributed by atoms with Crippen molar-refractivity contribution in [2.45, 2.75) is 13.5 Å². The van der Waals surface area contributed by atoms with Gasteiger partial charge in [0.1, 0.15) is 5.56 Å². The third-order valence-electron chi connectivity index (χ3n) is 6.20. The molecule has 2 N–H and O–H groups in total. The van der Waals surface area contributed by atoms with Crippen molar-refractivity contribution in [1.29, 1.82) is 0 Å². The molecule has 3 heterocycles. The Hall–Kier alpha value is -3.49. The summed E-state index contributed by atoms with van der Waals surface area (Å²) in [6.07, 6.45) is 1.74. The highest BCUT2D eigenvalue weighted by atomic mass is 32.1. The largest absolute Gasteiger partial charge is 0.480 e. The molecule has 5 rings (SSSR count). The van der Waals surface area contributed by atoms with Crippen LogP contribution in [0.3, 0.4) is 0 Å². The number of carbonyl (C=O) groups excluding carboxylic acids is 1. The number of rotatable bonds is 5. The molecule has 34 heavy (non-hydrogen) atoms. The number of thiazole rings is 1. The molecule has 1 amide bonds. The van der Waals surface area contributed by atoms with Gasteiger partial charge in [0.15, 0.2) is 5.13 Å². The average molecular weight is 474 g/mol. The Morgan fingerprint density at radius 2 is 1.82 bits per heavy atom. The molecule has 0 atom stereocenters. The molecule has 2 aromatic carbocycles. The van der Waals surface area contributed by atoms with Crippen molar-refractivity contribution in [1.82, 2.24) is 19.8 Å². The fourth-order valence-electron chi connectivity index (χ4n) is 4.28. The van der Waals surface area contributed by atoms with Gasteiger partial charge < -0.3 is 15.4 Å². The zero-order valence-electron chi connectivity index (χ0n) is 19.3. The summed E-state index contributed by atoms with van der Waals surface area (Å²) in [6.45, 7) is 6.00. The Morgan fingerprint density at radius 3 is 2.56 bits per heavy atom. The van der Waals surface area contributed by atoms with Gasteiger partial charge in [0.05, 0.1) is 17.3 Å². The van der Waals surface area contributed by atoms with E-state index in [1.807, 2.05) is 29.2 Å². The van der Waals surface area contributed by atoms with Crippen LogP contribution in [0.5, 0.6) is 5.88 Å². The minimum Gasteiger partial charge on any atom is -0.480 e. The van der Waals surface area contributed by atoms with Crippen LogP contribution in [-0.4, -0.2) is 59.0 Å². The number of hydrogen-bond donors (Lipinski definition) is 1. The fraction of sp³-hybridized carbons (Fsp3) is 0.269. The van der Waals surface area contributed by atoms with E-state index in [4.69, 9.17) is 10.5 Å². The van der Waals surface area contributed by atoms with Crippen molar-refractivity contribution in [2.75, 3.05) is 39.0 Å². The number of piperazine rings is 1. The summed E-state index contributed by atoms with van der Waals surface area (Å²) >= 11 is 1.44. The van der Waals surface area contributed by atoms with Crippen molar-refractivity contribution in [3.63, 3.8) is 0 Å². The zero-order chi connectivity index (χ0) is 23.7. The standard InChI is InChI=1S/C26H27N5O2S/c1-17-3-5-18(6-4-17)16-30-9-11-31(12-10-30)25(32)21-13-20(15-28-24(21)33-2)19-7-8-22-23(14-19)34-26(27)29-22/h3-8,13-15H,9-12,16H2,1-2H3,(H2,27,29). The van der Waals surface area contributed by atoms with Crippen LogP contribution in [0, 0.1) is 6.92 Å². The first-order chi connectivity index (χ1) is 16.5. The molecule has 0 spiro atoms. The first-order valence-electron chi connectivity index (χ1n) is 11.3. The van der Waals surface area contributed by atoms with Crippen LogP contribution < -0.4 is 10.5 Å². The first kappa shape index (κ1) is 22.3. The summed E-state index contributed by atoms with van der Waals surface area (Å²) in [6, 6.07) is 16.5. The number of nitrogens with zero attached hydrogens (tertiary/aromatic N) is 4. The van der Waals surface area contributed by atoms with Crippen molar-refractivity contribution in [3.05, 3.63) is 71.4 Å². The van der Waals surface area contributed by atoms with Crippen molar-refractivity contribution < 1.29 is 9.53 Å². The molecule has 0 unspecified atom stereocenters. The molecule has 2 aromatic heterocycles. The summed E-state index contributed by atoms with van der Waals surface area (Å²) in [5.74, 6) is 0.295. The number of nitrogen functional groups attached to an aromatic ring is 1. The smallest absolute Gasteiger partial charge is 0.259 e. The number of methoxy groups -OCH3 is 1. The monoisotopic (exact) mass is 473 g/mol. The number of fused-ring (bicyclic) bond motifs is 1. The molecule has 174 valence electrons. The zero-order valence-corrected chi connectivity index (χ0v) is 20.1. The van der Waals surface area contributed by atoms with Crippen LogP contribution >= 0.6 is 11.3 Å². The van der Waals surface area contributed by atoms with Crippen LogP contribution in [0.15, 0.2) is 54.7 Å². The molecule has 1 fully saturated rings. The summed E-state index contributed by atoms with van der Waals surface area (Å²) in [7, 11) is 1.55. The maximum Gasteiger partial charge on any atom is 0.259 e. The summed E-state index contributed by atoms with van der Waals surface area (Å²) in [4.78, 5) is 26.5. The van der Waals surface area contributed by atoms with Gasteiger partial charge in [0.25, 0.3) is 5.91 Å². The van der Waals surface area contributed by atoms with E-state index >= 15 is 0 Å². The van der Waals surface area contributed by atoms with Crippen LogP contribution in [0.4, 0.5) is 5.13 Å². The van der Waals surface area contributed by atoms with E-state index in [-0.39, 0.29) is 5.91 Å². The highest BCUT2D eigenvalue weighted by Crippen LogP contribution is 2.31. The highest BCUT2D eigenvalue weighted by Gasteiger charge is 2.25. The number of aryl methyl sites for hydroxylation is 1. The summed E-state index contributed by atoms with van der Waals surface area (Å²) in [5.41, 5.74) is 11.6. The van der Waals surface area contributed by atoms with E-state index in [0.29, 0.717) is 29.7 Å². The van der Waals surface area contributed by atoms with E-state index in [2.05, 4.69) is 46.1 Å². The molecule has 0 radical (unpaired) electrons. The molecule has 0 aliphatic carbocycles. The maximum atomic E-state index is 13.4. The fourth-order valence-corrected chi connectivity index (χ4v) is 5.05. The number of aromatic nitrogens is 2. The van der Waals surface area contributed by atoms with Gasteiger partial charge in [-0.25, -0.2) is 9.97 Å². The predicted octanol–water partition coefficient (Wildman–Crippen LogP) is 4.22. The summed E-state index contributed by atoms with van der Waals surface area (Å²) in [5, 5.41) is 0.539. The van der Waals surface area contributed by atoms with E-state index in [0.717, 1.165) is 41.0 Å². The Morgan fingerprint density at radius 1 is 1.06 bits per heavy atom. The van der Waals surface area contributed by atoms with Gasteiger partial charge in [-0.2, -0.15) is 0 Å². The van der Waals surface area contributed by atoms with Crippen LogP contribution in [0.1, 0.15) is 21.5 Å². The molecular formula is C26H27N5O2S. The number of hydrogen-bond acceptors (Lipinski definition) is 7. The van der Waals surface area contributed by atoms with Crippen LogP contribution in [-0.2, 0) is 6.54 Å². The quantitative estimate of drug-likeness (QED) is 0.467. The van der Waals surface area contributed by atoms with Gasteiger partial charge >= 0.3 is 0 Å². The predicted molar refractivity (Wildman–Crippen MR) is 136 cm³/mol. The second kappa shape index (κ2) is 9.40. The molecule has 1 aliphatic rings. The Labute approximate surface area is 202 Å². The Kier molecular flexibility index (Phi) is 6.17. The number of anilines is 1. The second-order valence-electron chi connectivity index (χ2n) is 8.57. The van der Waals surface area contributed by atoms with E-state index in [9.17, 15) is 4.79 Å². The third kappa shape index (κ3) is 4.60. The number of benzene rings is 2. The minimum atomic E-state index is -0.0516. The van der Waals surface area contributed by atoms with E-state index < -0.39 is 0 Å². The lowest BCUT2D eigenvalue weighted by atomic mass is 10.0. The number of amides is 1. The van der Waals surface area contributed by atoms with Crippen molar-refractivity contribution in [2.24, 2.45) is 0 Å². The van der Waals surface area contributed by atoms with Crippen LogP contribution in [0.2, 0.25) is 0 Å². The van der Waals surface area contributed by atoms with Crippen molar-refractivity contribution in [3.8, 4) is 17.0 Å². The number of ether oxygens (including phenoxy) is 1. The first-order valence-corrected chi connectivity index (χ1v) is 12.1. The minimum absolute atomic E-state index is 0.0516. The lowest BCUT2D eigenvalue weighted by Crippen LogP contribution is -2.48. The van der Waals surface area contributed by atoms with E-state index in [1.165, 1.54) is 22.5 Å². The number of nitrogens with two attached hydrogens (primary N) is 1. The van der Waals surface area contributed by atoms with Gasteiger partial charge in [-0.1, -0.05) is 47.2 Å². The van der Waals surface area contributed by atoms with E-state index in [1.54, 1.807) is 13.3 Å². The Bertz CT molecular complexity index is 1330. The lowest BCUT2D eigenvalue weighted by Gasteiger charge is -2.35. The molecule has 1 saturated heterocycles. The van der Waals surface area contributed by atoms with Gasteiger partial charge in [-0.05, 0) is 36.2 Å². The number of carbonyl (C=O) groups is 1. The number of pyridine rings is 1. The van der Waals surface area contributed by atoms with Crippen molar-refractivity contribution >= 4 is 32.6 Å². The Balaban J connectivity index is 1.32. The SMILES string of the molecule is COc1ncc(-c2ccc3nc(N)sc3c2)cc1C(=O)N1CCN(Cc2ccc(C)cc2)CC1. The summed E-state index contributed by atoms with van der Waals surface area (Å²) < 4.78 is 6.44. The molecule has 0 saturated carbocycles. The molecular weight excluding hydrogens is 446 g/mol. The van der Waals surface area contributed by atoms with Gasteiger partial charge in [0.2, 0.25) is 5.88 Å². The maximum absolute atomic E-state index is 13.4. The highest BCUT2D eigenvalue weighted by molar-refractivity contribution is 7.22.